The number of anilines is 1. The van der Waals surface area contributed by atoms with E-state index in [0.717, 1.165) is 30.8 Å². The topological polar surface area (TPSA) is 50.8 Å². The lowest BCUT2D eigenvalue weighted by atomic mass is 10.2. The molecule has 5 heteroatoms. The van der Waals surface area contributed by atoms with E-state index in [1.807, 2.05) is 24.3 Å². The first-order chi connectivity index (χ1) is 10.8. The van der Waals surface area contributed by atoms with Crippen LogP contribution in [0.1, 0.15) is 25.7 Å². The quantitative estimate of drug-likeness (QED) is 0.924. The van der Waals surface area contributed by atoms with Gasteiger partial charge in [0.25, 0.3) is 5.91 Å². The summed E-state index contributed by atoms with van der Waals surface area (Å²) < 4.78 is 10.9. The van der Waals surface area contributed by atoms with Crippen LogP contribution in [-0.4, -0.2) is 44.9 Å². The summed E-state index contributed by atoms with van der Waals surface area (Å²) in [5, 5.41) is 3.13. The second kappa shape index (κ2) is 7.01. The van der Waals surface area contributed by atoms with Crippen molar-refractivity contribution < 1.29 is 14.3 Å². The third-order valence-electron chi connectivity index (χ3n) is 4.48. The maximum absolute atomic E-state index is 12.4. The molecule has 1 saturated carbocycles. The van der Waals surface area contributed by atoms with Crippen LogP contribution in [0.25, 0.3) is 0 Å². The van der Waals surface area contributed by atoms with Crippen molar-refractivity contribution in [3.8, 4) is 5.75 Å². The van der Waals surface area contributed by atoms with Crippen LogP contribution >= 0.6 is 0 Å². The summed E-state index contributed by atoms with van der Waals surface area (Å²) in [6.45, 7) is 1.95. The summed E-state index contributed by atoms with van der Waals surface area (Å²) in [5.74, 6) is 0.857. The third-order valence-corrected chi connectivity index (χ3v) is 4.48. The van der Waals surface area contributed by atoms with Crippen molar-refractivity contribution >= 4 is 11.6 Å². The van der Waals surface area contributed by atoms with Crippen LogP contribution in [0.3, 0.4) is 0 Å². The van der Waals surface area contributed by atoms with Crippen LogP contribution in [0.15, 0.2) is 24.3 Å². The molecule has 1 unspecified atom stereocenters. The zero-order valence-electron chi connectivity index (χ0n) is 13.1. The van der Waals surface area contributed by atoms with Gasteiger partial charge in [-0.1, -0.05) is 18.9 Å². The van der Waals surface area contributed by atoms with E-state index in [4.69, 9.17) is 9.47 Å². The standard InChI is InChI=1S/C17H24N2O3/c1-21-15-8-4-7-14(11-15)19-9-10-22-16(12-19)17(20)18-13-5-2-3-6-13/h4,7-8,11,13,16H,2-3,5-6,9-10,12H2,1H3,(H,18,20). The third kappa shape index (κ3) is 3.53. The summed E-state index contributed by atoms with van der Waals surface area (Å²) in [6.07, 6.45) is 4.23. The molecule has 1 aliphatic heterocycles. The van der Waals surface area contributed by atoms with Crippen molar-refractivity contribution in [1.29, 1.82) is 0 Å². The lowest BCUT2D eigenvalue weighted by molar-refractivity contribution is -0.134. The molecule has 0 spiro atoms. The number of rotatable bonds is 4. The average Bonchev–Trinajstić information content (AvgIpc) is 3.08. The molecule has 1 N–H and O–H groups in total. The van der Waals surface area contributed by atoms with E-state index in [-0.39, 0.29) is 12.0 Å². The Kier molecular flexibility index (Phi) is 4.83. The van der Waals surface area contributed by atoms with Crippen LogP contribution in [0.4, 0.5) is 5.69 Å². The summed E-state index contributed by atoms with van der Waals surface area (Å²) in [4.78, 5) is 14.6. The lowest BCUT2D eigenvalue weighted by Gasteiger charge is -2.34. The first-order valence-electron chi connectivity index (χ1n) is 8.07. The summed E-state index contributed by atoms with van der Waals surface area (Å²) in [7, 11) is 1.66. The molecule has 2 fully saturated rings. The molecule has 1 amide bonds. The number of hydrogen-bond donors (Lipinski definition) is 1. The highest BCUT2D eigenvalue weighted by molar-refractivity contribution is 5.82. The number of nitrogens with zero attached hydrogens (tertiary/aromatic N) is 1. The number of benzene rings is 1. The minimum absolute atomic E-state index is 0.0273. The molecule has 0 aromatic heterocycles. The predicted molar refractivity (Wildman–Crippen MR) is 85.3 cm³/mol. The Hall–Kier alpha value is -1.75. The zero-order chi connectivity index (χ0) is 15.4. The summed E-state index contributed by atoms with van der Waals surface area (Å²) in [5.41, 5.74) is 1.07. The average molecular weight is 304 g/mol. The van der Waals surface area contributed by atoms with Crippen molar-refractivity contribution in [2.24, 2.45) is 0 Å². The number of amides is 1. The smallest absolute Gasteiger partial charge is 0.251 e. The van der Waals surface area contributed by atoms with Crippen molar-refractivity contribution in [3.63, 3.8) is 0 Å². The Balaban J connectivity index is 1.61. The number of hydrogen-bond acceptors (Lipinski definition) is 4. The Bertz CT molecular complexity index is 514. The van der Waals surface area contributed by atoms with Crippen molar-refractivity contribution in [2.75, 3.05) is 31.7 Å². The maximum atomic E-state index is 12.4. The molecular weight excluding hydrogens is 280 g/mol. The molecule has 2 aliphatic rings. The highest BCUT2D eigenvalue weighted by Gasteiger charge is 2.29. The van der Waals surface area contributed by atoms with E-state index in [2.05, 4.69) is 10.2 Å². The molecule has 120 valence electrons. The zero-order valence-corrected chi connectivity index (χ0v) is 13.1. The Morgan fingerprint density at radius 2 is 2.18 bits per heavy atom. The minimum atomic E-state index is -0.388. The van der Waals surface area contributed by atoms with E-state index in [1.165, 1.54) is 12.8 Å². The van der Waals surface area contributed by atoms with Gasteiger partial charge < -0.3 is 19.7 Å². The van der Waals surface area contributed by atoms with Gasteiger partial charge in [0.15, 0.2) is 6.10 Å². The molecule has 0 radical (unpaired) electrons. The molecule has 22 heavy (non-hydrogen) atoms. The van der Waals surface area contributed by atoms with Gasteiger partial charge in [0.2, 0.25) is 0 Å². The van der Waals surface area contributed by atoms with Gasteiger partial charge in [0.1, 0.15) is 5.75 Å². The Labute approximate surface area is 131 Å². The fourth-order valence-electron chi connectivity index (χ4n) is 3.21. The Morgan fingerprint density at radius 3 is 2.95 bits per heavy atom. The second-order valence-electron chi connectivity index (χ2n) is 6.00. The highest BCUT2D eigenvalue weighted by Crippen LogP contribution is 2.23. The SMILES string of the molecule is COc1cccc(N2CCOC(C(=O)NC3CCCC3)C2)c1. The molecule has 1 saturated heterocycles. The van der Waals surface area contributed by atoms with E-state index in [0.29, 0.717) is 19.2 Å². The summed E-state index contributed by atoms with van der Waals surface area (Å²) >= 11 is 0. The van der Waals surface area contributed by atoms with Crippen molar-refractivity contribution in [1.82, 2.24) is 5.32 Å². The van der Waals surface area contributed by atoms with Gasteiger partial charge >= 0.3 is 0 Å². The molecule has 1 aliphatic carbocycles. The van der Waals surface area contributed by atoms with Crippen LogP contribution in [0.5, 0.6) is 5.75 Å². The fraction of sp³-hybridized carbons (Fsp3) is 0.588. The largest absolute Gasteiger partial charge is 0.497 e. The normalized spacial score (nSPS) is 22.6. The van der Waals surface area contributed by atoms with Gasteiger partial charge in [-0.2, -0.15) is 0 Å². The molecule has 1 atom stereocenters. The molecule has 5 nitrogen and oxygen atoms in total. The monoisotopic (exact) mass is 304 g/mol. The van der Waals surface area contributed by atoms with Gasteiger partial charge in [-0.15, -0.1) is 0 Å². The number of methoxy groups -OCH3 is 1. The van der Waals surface area contributed by atoms with Crippen LogP contribution in [0.2, 0.25) is 0 Å². The molecule has 1 aromatic rings. The van der Waals surface area contributed by atoms with Crippen LogP contribution in [-0.2, 0) is 9.53 Å². The lowest BCUT2D eigenvalue weighted by Crippen LogP contribution is -2.51. The highest BCUT2D eigenvalue weighted by atomic mass is 16.5. The number of carbonyl (C=O) groups excluding carboxylic acids is 1. The van der Waals surface area contributed by atoms with Crippen LogP contribution < -0.4 is 15.0 Å². The molecule has 1 aromatic carbocycles. The molecule has 3 rings (SSSR count). The molecule has 1 heterocycles. The van der Waals surface area contributed by atoms with Gasteiger partial charge in [-0.05, 0) is 25.0 Å². The van der Waals surface area contributed by atoms with Gasteiger partial charge in [0.05, 0.1) is 20.3 Å². The molecule has 0 bridgehead atoms. The number of ether oxygens (including phenoxy) is 2. The van der Waals surface area contributed by atoms with E-state index >= 15 is 0 Å². The first kappa shape index (κ1) is 15.2. The number of carbonyl (C=O) groups is 1. The number of morpholine rings is 1. The van der Waals surface area contributed by atoms with Crippen molar-refractivity contribution in [3.05, 3.63) is 24.3 Å². The van der Waals surface area contributed by atoms with Crippen LogP contribution in [0, 0.1) is 0 Å². The first-order valence-corrected chi connectivity index (χ1v) is 8.07. The fourth-order valence-corrected chi connectivity index (χ4v) is 3.21. The predicted octanol–water partition coefficient (Wildman–Crippen LogP) is 1.96. The van der Waals surface area contributed by atoms with Gasteiger partial charge in [0, 0.05) is 24.3 Å². The van der Waals surface area contributed by atoms with Crippen molar-refractivity contribution in [2.45, 2.75) is 37.8 Å². The van der Waals surface area contributed by atoms with E-state index in [1.54, 1.807) is 7.11 Å². The Morgan fingerprint density at radius 1 is 1.36 bits per heavy atom. The second-order valence-corrected chi connectivity index (χ2v) is 6.00. The number of nitrogens with one attached hydrogen (secondary N) is 1. The maximum Gasteiger partial charge on any atom is 0.251 e. The summed E-state index contributed by atoms with van der Waals surface area (Å²) in [6, 6.07) is 8.27. The minimum Gasteiger partial charge on any atom is -0.497 e. The van der Waals surface area contributed by atoms with Gasteiger partial charge in [-0.3, -0.25) is 4.79 Å². The molecular formula is C17H24N2O3. The van der Waals surface area contributed by atoms with E-state index in [9.17, 15) is 4.79 Å². The van der Waals surface area contributed by atoms with Gasteiger partial charge in [-0.25, -0.2) is 0 Å². The van der Waals surface area contributed by atoms with E-state index < -0.39 is 0 Å².